The molecule has 0 saturated carbocycles. The number of aromatic hydroxyl groups is 1. The lowest BCUT2D eigenvalue weighted by molar-refractivity contribution is -0.168. The van der Waals surface area contributed by atoms with Crippen LogP contribution in [-0.4, -0.2) is 42.5 Å². The molecule has 1 amide bonds. The van der Waals surface area contributed by atoms with E-state index in [1.54, 1.807) is 12.1 Å². The van der Waals surface area contributed by atoms with Gasteiger partial charge < -0.3 is 20.5 Å². The molecule has 0 heterocycles. The number of esters is 1. The molecule has 0 spiro atoms. The molecule has 0 aromatic heterocycles. The Morgan fingerprint density at radius 1 is 0.943 bits per heavy atom. The smallest absolute Gasteiger partial charge is 0.306 e. The predicted octanol–water partition coefficient (Wildman–Crippen LogP) is 4.77. The molecule has 0 unspecified atom stereocenters. The van der Waals surface area contributed by atoms with Crippen LogP contribution in [0, 0.1) is 5.92 Å². The highest BCUT2D eigenvalue weighted by Gasteiger charge is 2.42. The Kier molecular flexibility index (Phi) is 10.5. The van der Waals surface area contributed by atoms with Crippen LogP contribution in [0.15, 0.2) is 84.9 Å². The second-order valence-corrected chi connectivity index (χ2v) is 8.79. The molecule has 186 valence electrons. The lowest BCUT2D eigenvalue weighted by atomic mass is 9.77. The number of phenols is 1. The summed E-state index contributed by atoms with van der Waals surface area (Å²) in [4.78, 5) is 25.0. The van der Waals surface area contributed by atoms with Gasteiger partial charge in [-0.15, -0.1) is 0 Å². The van der Waals surface area contributed by atoms with Crippen LogP contribution in [-0.2, 0) is 21.6 Å². The number of carbonyl (C=O) groups excluding carboxylic acids is 2. The van der Waals surface area contributed by atoms with Gasteiger partial charge in [0.15, 0.2) is 0 Å². The summed E-state index contributed by atoms with van der Waals surface area (Å²) in [5, 5.41) is 8.98. The monoisotopic (exact) mass is 476 g/mol. The molecule has 3 aromatic rings. The van der Waals surface area contributed by atoms with E-state index in [1.165, 1.54) is 17.7 Å². The molecule has 6 heteroatoms. The third-order valence-corrected chi connectivity index (χ3v) is 5.76. The van der Waals surface area contributed by atoms with E-state index in [9.17, 15) is 9.59 Å². The molecule has 0 aliphatic heterocycles. The SMILES string of the molecule is CCC(=O)O[C@](Cc1ccccc1)(c1ccccc1)[C@H](C)CN(C)C.NC(=O)c1ccccc1O. The van der Waals surface area contributed by atoms with Crippen LogP contribution in [0.5, 0.6) is 5.75 Å². The summed E-state index contributed by atoms with van der Waals surface area (Å²) in [6.07, 6.45) is 1.04. The number of hydrogen-bond donors (Lipinski definition) is 2. The zero-order chi connectivity index (χ0) is 25.8. The zero-order valence-corrected chi connectivity index (χ0v) is 21.0. The minimum atomic E-state index is -0.681. The molecule has 0 saturated heterocycles. The van der Waals surface area contributed by atoms with Crippen LogP contribution in [0.1, 0.15) is 41.8 Å². The van der Waals surface area contributed by atoms with Crippen LogP contribution in [0.25, 0.3) is 0 Å². The van der Waals surface area contributed by atoms with Crippen LogP contribution in [0.3, 0.4) is 0 Å². The van der Waals surface area contributed by atoms with E-state index in [0.717, 1.165) is 12.1 Å². The number of nitrogens with zero attached hydrogens (tertiary/aromatic N) is 1. The molecule has 0 bridgehead atoms. The fraction of sp³-hybridized carbons (Fsp3) is 0.310. The quantitative estimate of drug-likeness (QED) is 0.434. The normalized spacial score (nSPS) is 13.2. The molecular weight excluding hydrogens is 440 g/mol. The van der Waals surface area contributed by atoms with Gasteiger partial charge in [0.05, 0.1) is 5.56 Å². The van der Waals surface area contributed by atoms with Crippen LogP contribution < -0.4 is 5.73 Å². The van der Waals surface area contributed by atoms with Crippen molar-refractivity contribution in [2.45, 2.75) is 32.3 Å². The summed E-state index contributed by atoms with van der Waals surface area (Å²) in [5.74, 6) is -0.709. The van der Waals surface area contributed by atoms with Crippen LogP contribution >= 0.6 is 0 Å². The van der Waals surface area contributed by atoms with Crippen molar-refractivity contribution in [1.29, 1.82) is 0 Å². The highest BCUT2D eigenvalue weighted by Crippen LogP contribution is 2.38. The highest BCUT2D eigenvalue weighted by atomic mass is 16.6. The van der Waals surface area contributed by atoms with Crippen molar-refractivity contribution in [3.8, 4) is 5.75 Å². The molecule has 0 aliphatic carbocycles. The maximum Gasteiger partial charge on any atom is 0.306 e. The summed E-state index contributed by atoms with van der Waals surface area (Å²) in [5.41, 5.74) is 6.61. The first kappa shape index (κ1) is 27.6. The van der Waals surface area contributed by atoms with Gasteiger partial charge in [-0.1, -0.05) is 86.6 Å². The van der Waals surface area contributed by atoms with Gasteiger partial charge in [-0.2, -0.15) is 0 Å². The summed E-state index contributed by atoms with van der Waals surface area (Å²) in [6.45, 7) is 4.84. The molecule has 3 aromatic carbocycles. The van der Waals surface area contributed by atoms with E-state index in [0.29, 0.717) is 12.8 Å². The molecule has 3 N–H and O–H groups in total. The fourth-order valence-electron chi connectivity index (χ4n) is 4.03. The second-order valence-electron chi connectivity index (χ2n) is 8.79. The van der Waals surface area contributed by atoms with Crippen molar-refractivity contribution in [2.75, 3.05) is 20.6 Å². The predicted molar refractivity (Wildman–Crippen MR) is 139 cm³/mol. The van der Waals surface area contributed by atoms with Gasteiger partial charge in [0, 0.05) is 25.3 Å². The van der Waals surface area contributed by atoms with Crippen molar-refractivity contribution in [3.63, 3.8) is 0 Å². The van der Waals surface area contributed by atoms with E-state index >= 15 is 0 Å². The first-order valence-electron chi connectivity index (χ1n) is 11.7. The van der Waals surface area contributed by atoms with Crippen molar-refractivity contribution < 1.29 is 19.4 Å². The van der Waals surface area contributed by atoms with Gasteiger partial charge in [0.1, 0.15) is 11.4 Å². The summed E-state index contributed by atoms with van der Waals surface area (Å²) < 4.78 is 6.17. The minimum absolute atomic E-state index is 0.0741. The van der Waals surface area contributed by atoms with Gasteiger partial charge in [-0.25, -0.2) is 0 Å². The van der Waals surface area contributed by atoms with Crippen molar-refractivity contribution in [3.05, 3.63) is 102 Å². The summed E-state index contributed by atoms with van der Waals surface area (Å²) >= 11 is 0. The van der Waals surface area contributed by atoms with Gasteiger partial charge >= 0.3 is 5.97 Å². The van der Waals surface area contributed by atoms with Crippen LogP contribution in [0.2, 0.25) is 0 Å². The average molecular weight is 477 g/mol. The molecule has 3 rings (SSSR count). The number of primary amides is 1. The third kappa shape index (κ3) is 7.97. The Morgan fingerprint density at radius 2 is 1.49 bits per heavy atom. The highest BCUT2D eigenvalue weighted by molar-refractivity contribution is 5.95. The molecule has 0 aliphatic rings. The number of amides is 1. The molecule has 2 atom stereocenters. The average Bonchev–Trinajstić information content (AvgIpc) is 2.84. The molecular formula is C29H36N2O4. The molecule has 0 radical (unpaired) electrons. The topological polar surface area (TPSA) is 92.9 Å². The number of ether oxygens (including phenoxy) is 1. The third-order valence-electron chi connectivity index (χ3n) is 5.76. The maximum absolute atomic E-state index is 12.3. The first-order chi connectivity index (χ1) is 16.7. The minimum Gasteiger partial charge on any atom is -0.507 e. The number of hydrogen-bond acceptors (Lipinski definition) is 5. The van der Waals surface area contributed by atoms with Gasteiger partial charge in [-0.3, -0.25) is 9.59 Å². The molecule has 0 fully saturated rings. The van der Waals surface area contributed by atoms with E-state index in [1.807, 2.05) is 43.3 Å². The van der Waals surface area contributed by atoms with E-state index in [4.69, 9.17) is 15.6 Å². The first-order valence-corrected chi connectivity index (χ1v) is 11.7. The van der Waals surface area contributed by atoms with Crippen molar-refractivity contribution in [1.82, 2.24) is 4.90 Å². The summed E-state index contributed by atoms with van der Waals surface area (Å²) in [6, 6.07) is 26.6. The van der Waals surface area contributed by atoms with E-state index in [-0.39, 0.29) is 23.2 Å². The zero-order valence-electron chi connectivity index (χ0n) is 21.0. The Labute approximate surface area is 208 Å². The lowest BCUT2D eigenvalue weighted by Crippen LogP contribution is -2.44. The van der Waals surface area contributed by atoms with Gasteiger partial charge in [-0.05, 0) is 37.4 Å². The second kappa shape index (κ2) is 13.3. The molecule has 35 heavy (non-hydrogen) atoms. The number of rotatable bonds is 9. The number of para-hydroxylation sites is 1. The number of carbonyl (C=O) groups is 2. The van der Waals surface area contributed by atoms with E-state index in [2.05, 4.69) is 50.2 Å². The van der Waals surface area contributed by atoms with Crippen molar-refractivity contribution >= 4 is 11.9 Å². The number of benzene rings is 3. The van der Waals surface area contributed by atoms with Crippen molar-refractivity contribution in [2.24, 2.45) is 11.7 Å². The van der Waals surface area contributed by atoms with Gasteiger partial charge in [0.2, 0.25) is 0 Å². The Morgan fingerprint density at radius 3 is 1.97 bits per heavy atom. The lowest BCUT2D eigenvalue weighted by Gasteiger charge is -2.40. The Bertz CT molecular complexity index is 1070. The standard InChI is InChI=1S/C22H29NO2.C7H7NO2/c1-5-21(24)25-22(18(2)17-23(3)4,20-14-10-7-11-15-20)16-19-12-8-6-9-13-19;8-7(10)5-3-1-2-4-6(5)9/h6-15,18H,5,16-17H2,1-4H3;1-4,9H,(H2,8,10)/t18-,22+;/m1./s1. The number of nitrogens with two attached hydrogens (primary N) is 1. The Hall–Kier alpha value is -3.64. The van der Waals surface area contributed by atoms with Crippen LogP contribution in [0.4, 0.5) is 0 Å². The molecule has 6 nitrogen and oxygen atoms in total. The maximum atomic E-state index is 12.3. The summed E-state index contributed by atoms with van der Waals surface area (Å²) in [7, 11) is 4.10. The Balaban J connectivity index is 0.000000360. The van der Waals surface area contributed by atoms with Gasteiger partial charge in [0.25, 0.3) is 5.91 Å². The fourth-order valence-corrected chi connectivity index (χ4v) is 4.03. The largest absolute Gasteiger partial charge is 0.507 e. The van der Waals surface area contributed by atoms with E-state index < -0.39 is 11.5 Å².